The lowest BCUT2D eigenvalue weighted by Crippen LogP contribution is -1.96. The largest absolute Gasteiger partial charge is 0.244 e. The lowest BCUT2D eigenvalue weighted by Gasteiger charge is -2.04. The zero-order valence-corrected chi connectivity index (χ0v) is 13.1. The van der Waals surface area contributed by atoms with Crippen molar-refractivity contribution in [2.75, 3.05) is 0 Å². The molecule has 6 heteroatoms. The summed E-state index contributed by atoms with van der Waals surface area (Å²) in [5, 5.41) is 1.74. The van der Waals surface area contributed by atoms with Crippen LogP contribution in [-0.4, -0.2) is 15.0 Å². The molecule has 0 aliphatic heterocycles. The van der Waals surface area contributed by atoms with E-state index in [1.54, 1.807) is 0 Å². The molecule has 2 heterocycles. The summed E-state index contributed by atoms with van der Waals surface area (Å²) in [5.41, 5.74) is 1.54. The van der Waals surface area contributed by atoms with Crippen LogP contribution in [0.1, 0.15) is 0 Å². The normalized spacial score (nSPS) is 10.9. The number of aromatic nitrogens is 3. The van der Waals surface area contributed by atoms with Crippen LogP contribution in [0, 0.1) is 3.57 Å². The highest BCUT2D eigenvalue weighted by Gasteiger charge is 2.11. The van der Waals surface area contributed by atoms with Gasteiger partial charge in [0.25, 0.3) is 0 Å². The fourth-order valence-corrected chi connectivity index (χ4v) is 2.33. The molecule has 0 amide bonds. The van der Waals surface area contributed by atoms with Gasteiger partial charge < -0.3 is 0 Å². The highest BCUT2D eigenvalue weighted by molar-refractivity contribution is 14.1. The summed E-state index contributed by atoms with van der Waals surface area (Å²) in [6.07, 6.45) is 0. The third-order valence-corrected chi connectivity index (χ3v) is 4.80. The molecule has 0 N–H and O–H groups in total. The van der Waals surface area contributed by atoms with Gasteiger partial charge in [-0.2, -0.15) is 0 Å². The lowest BCUT2D eigenvalue weighted by molar-refractivity contribution is 1.14. The summed E-state index contributed by atoms with van der Waals surface area (Å²) in [6, 6.07) is 11.7. The third-order valence-electron chi connectivity index (χ3n) is 2.60. The molecule has 1 aromatic carbocycles. The molecule has 0 saturated carbocycles. The second kappa shape index (κ2) is 5.19. The second-order valence-corrected chi connectivity index (χ2v) is 5.63. The Bertz CT molecular complexity index is 754. The maximum absolute atomic E-state index is 6.02. The van der Waals surface area contributed by atoms with Crippen LogP contribution in [0.4, 0.5) is 0 Å². The van der Waals surface area contributed by atoms with Gasteiger partial charge in [-0.1, -0.05) is 47.5 Å². The van der Waals surface area contributed by atoms with Crippen molar-refractivity contribution in [3.05, 3.63) is 50.3 Å². The molecule has 0 atom stereocenters. The molecule has 3 aromatic rings. The van der Waals surface area contributed by atoms with Crippen molar-refractivity contribution in [3.8, 4) is 11.5 Å². The van der Waals surface area contributed by atoms with E-state index in [1.807, 2.05) is 59.0 Å². The van der Waals surface area contributed by atoms with Crippen LogP contribution in [0.5, 0.6) is 0 Å². The Kier molecular flexibility index (Phi) is 3.56. The van der Waals surface area contributed by atoms with Crippen molar-refractivity contribution in [3.63, 3.8) is 0 Å². The zero-order chi connectivity index (χ0) is 13.4. The highest BCUT2D eigenvalue weighted by atomic mass is 127. The minimum atomic E-state index is 0.338. The molecule has 0 radical (unpaired) electrons. The van der Waals surface area contributed by atoms with Gasteiger partial charge in [0.05, 0.1) is 9.09 Å². The predicted octanol–water partition coefficient (Wildman–Crippen LogP) is 4.60. The van der Waals surface area contributed by atoms with E-state index in [4.69, 9.17) is 23.2 Å². The Morgan fingerprint density at radius 2 is 1.53 bits per heavy atom. The molecule has 19 heavy (non-hydrogen) atoms. The summed E-state index contributed by atoms with van der Waals surface area (Å²) >= 11 is 14.0. The van der Waals surface area contributed by atoms with E-state index in [-0.39, 0.29) is 0 Å². The average Bonchev–Trinajstić information content (AvgIpc) is 2.43. The van der Waals surface area contributed by atoms with Gasteiger partial charge in [-0.3, -0.25) is 0 Å². The van der Waals surface area contributed by atoms with Gasteiger partial charge in [-0.25, -0.2) is 15.0 Å². The van der Waals surface area contributed by atoms with Crippen molar-refractivity contribution < 1.29 is 0 Å². The Morgan fingerprint density at radius 3 is 2.26 bits per heavy atom. The monoisotopic (exact) mass is 401 g/mol. The molecule has 2 aromatic heterocycles. The number of hydrogen-bond donors (Lipinski definition) is 0. The maximum atomic E-state index is 6.02. The van der Waals surface area contributed by atoms with Gasteiger partial charge in [-0.15, -0.1) is 0 Å². The lowest BCUT2D eigenvalue weighted by atomic mass is 10.2. The fraction of sp³-hybridized carbons (Fsp3) is 0. The standard InChI is InChI=1S/C13H6Cl2IN3/c14-11-10(16)12(15)19-13(18-11)9-6-5-7-3-1-2-4-8(7)17-9/h1-6H. The average molecular weight is 402 g/mol. The number of nitrogens with zero attached hydrogens (tertiary/aromatic N) is 3. The van der Waals surface area contributed by atoms with Crippen LogP contribution >= 0.6 is 45.8 Å². The molecule has 0 fully saturated rings. The van der Waals surface area contributed by atoms with E-state index in [0.29, 0.717) is 25.4 Å². The van der Waals surface area contributed by atoms with Crippen molar-refractivity contribution in [2.24, 2.45) is 0 Å². The molecule has 0 unspecified atom stereocenters. The van der Waals surface area contributed by atoms with Crippen molar-refractivity contribution in [2.45, 2.75) is 0 Å². The van der Waals surface area contributed by atoms with Crippen LogP contribution in [-0.2, 0) is 0 Å². The second-order valence-electron chi connectivity index (χ2n) is 3.83. The summed E-state index contributed by atoms with van der Waals surface area (Å²) in [5.74, 6) is 0.432. The van der Waals surface area contributed by atoms with Crippen molar-refractivity contribution in [1.82, 2.24) is 15.0 Å². The summed E-state index contributed by atoms with van der Waals surface area (Å²) < 4.78 is 0.644. The van der Waals surface area contributed by atoms with Crippen LogP contribution in [0.3, 0.4) is 0 Å². The van der Waals surface area contributed by atoms with E-state index >= 15 is 0 Å². The smallest absolute Gasteiger partial charge is 0.181 e. The summed E-state index contributed by atoms with van der Waals surface area (Å²) in [4.78, 5) is 12.9. The SMILES string of the molecule is Clc1nc(-c2ccc3ccccc3n2)nc(Cl)c1I. The Labute approximate surface area is 133 Å². The van der Waals surface area contributed by atoms with Gasteiger partial charge in [0.1, 0.15) is 16.0 Å². The summed E-state index contributed by atoms with van der Waals surface area (Å²) in [7, 11) is 0. The van der Waals surface area contributed by atoms with Gasteiger partial charge in [0.2, 0.25) is 0 Å². The minimum Gasteiger partial charge on any atom is -0.244 e. The van der Waals surface area contributed by atoms with Crippen LogP contribution < -0.4 is 0 Å². The fourth-order valence-electron chi connectivity index (χ4n) is 1.70. The summed E-state index contributed by atoms with van der Waals surface area (Å²) in [6.45, 7) is 0. The number of benzene rings is 1. The number of para-hydroxylation sites is 1. The quantitative estimate of drug-likeness (QED) is 0.441. The van der Waals surface area contributed by atoms with E-state index < -0.39 is 0 Å². The first-order valence-electron chi connectivity index (χ1n) is 5.40. The van der Waals surface area contributed by atoms with E-state index in [2.05, 4.69) is 15.0 Å². The molecule has 0 aliphatic rings. The van der Waals surface area contributed by atoms with Gasteiger partial charge >= 0.3 is 0 Å². The van der Waals surface area contributed by atoms with Gasteiger partial charge in [0, 0.05) is 5.39 Å². The van der Waals surface area contributed by atoms with Crippen LogP contribution in [0.2, 0.25) is 10.3 Å². The first kappa shape index (κ1) is 13.0. The molecule has 0 spiro atoms. The number of rotatable bonds is 1. The molecule has 0 saturated heterocycles. The van der Waals surface area contributed by atoms with Crippen molar-refractivity contribution >= 4 is 56.7 Å². The minimum absolute atomic E-state index is 0.338. The van der Waals surface area contributed by atoms with Crippen molar-refractivity contribution in [1.29, 1.82) is 0 Å². The highest BCUT2D eigenvalue weighted by Crippen LogP contribution is 2.26. The van der Waals surface area contributed by atoms with Crippen LogP contribution in [0.15, 0.2) is 36.4 Å². The first-order chi connectivity index (χ1) is 9.15. The Balaban J connectivity index is 2.19. The molecule has 3 nitrogen and oxygen atoms in total. The number of pyridine rings is 1. The maximum Gasteiger partial charge on any atom is 0.181 e. The molecule has 3 rings (SSSR count). The van der Waals surface area contributed by atoms with Gasteiger partial charge in [-0.05, 0) is 34.7 Å². The topological polar surface area (TPSA) is 38.7 Å². The predicted molar refractivity (Wildman–Crippen MR) is 85.5 cm³/mol. The zero-order valence-electron chi connectivity index (χ0n) is 9.44. The Morgan fingerprint density at radius 1 is 0.842 bits per heavy atom. The van der Waals surface area contributed by atoms with Gasteiger partial charge in [0.15, 0.2) is 5.82 Å². The molecule has 94 valence electrons. The molecule has 0 bridgehead atoms. The molecular weight excluding hydrogens is 396 g/mol. The number of fused-ring (bicyclic) bond motifs is 1. The van der Waals surface area contributed by atoms with E-state index in [9.17, 15) is 0 Å². The van der Waals surface area contributed by atoms with E-state index in [1.165, 1.54) is 0 Å². The third kappa shape index (κ3) is 2.52. The molecule has 0 aliphatic carbocycles. The van der Waals surface area contributed by atoms with Crippen LogP contribution in [0.25, 0.3) is 22.4 Å². The molecular formula is C13H6Cl2IN3. The Hall–Kier alpha value is -0.980. The first-order valence-corrected chi connectivity index (χ1v) is 7.23. The number of hydrogen-bond acceptors (Lipinski definition) is 3. The number of halogens is 3. The van der Waals surface area contributed by atoms with E-state index in [0.717, 1.165) is 10.9 Å².